The van der Waals surface area contributed by atoms with Crippen LogP contribution in [-0.2, 0) is 11.3 Å². The number of hydrogen-bond acceptors (Lipinski definition) is 8. The molecule has 9 heteroatoms. The second-order valence-corrected chi connectivity index (χ2v) is 9.15. The predicted octanol–water partition coefficient (Wildman–Crippen LogP) is 2.60. The quantitative estimate of drug-likeness (QED) is 0.699. The summed E-state index contributed by atoms with van der Waals surface area (Å²) in [7, 11) is 0. The van der Waals surface area contributed by atoms with E-state index in [0.29, 0.717) is 31.3 Å². The van der Waals surface area contributed by atoms with Gasteiger partial charge in [0.2, 0.25) is 5.88 Å². The minimum atomic E-state index is -0.250. The number of carbonyl (C=O) groups is 1. The van der Waals surface area contributed by atoms with E-state index in [4.69, 9.17) is 14.0 Å². The molecule has 32 heavy (non-hydrogen) atoms. The zero-order chi connectivity index (χ0) is 22.0. The molecule has 3 aliphatic heterocycles. The Morgan fingerprint density at radius 1 is 1.22 bits per heavy atom. The van der Waals surface area contributed by atoms with Gasteiger partial charge in [-0.05, 0) is 45.7 Å². The highest BCUT2D eigenvalue weighted by Crippen LogP contribution is 2.36. The van der Waals surface area contributed by atoms with E-state index < -0.39 is 0 Å². The predicted molar refractivity (Wildman–Crippen MR) is 115 cm³/mol. The fourth-order valence-corrected chi connectivity index (χ4v) is 5.13. The van der Waals surface area contributed by atoms with Gasteiger partial charge in [-0.1, -0.05) is 5.16 Å². The van der Waals surface area contributed by atoms with Gasteiger partial charge in [-0.25, -0.2) is 4.98 Å². The highest BCUT2D eigenvalue weighted by Gasteiger charge is 2.42. The van der Waals surface area contributed by atoms with Crippen LogP contribution >= 0.6 is 0 Å². The lowest BCUT2D eigenvalue weighted by atomic mass is 9.83. The topological polar surface area (TPSA) is 93.8 Å². The number of piperidine rings is 1. The molecule has 1 spiro atoms. The maximum absolute atomic E-state index is 13.3. The average molecular weight is 442 g/mol. The van der Waals surface area contributed by atoms with E-state index in [-0.39, 0.29) is 17.6 Å². The number of hydrogen-bond donors (Lipinski definition) is 0. The fourth-order valence-electron chi connectivity index (χ4n) is 5.13. The normalized spacial score (nSPS) is 23.5. The second-order valence-electron chi connectivity index (χ2n) is 9.15. The summed E-state index contributed by atoms with van der Waals surface area (Å²) in [5.74, 6) is 1.26. The lowest BCUT2D eigenvalue weighted by molar-refractivity contribution is -0.135. The molecule has 5 heterocycles. The molecule has 3 saturated heterocycles. The number of rotatable bonds is 5. The minimum Gasteiger partial charge on any atom is -0.473 e. The molecule has 0 bridgehead atoms. The van der Waals surface area contributed by atoms with Gasteiger partial charge in [0.1, 0.15) is 11.9 Å². The van der Waals surface area contributed by atoms with Crippen molar-refractivity contribution in [1.82, 2.24) is 24.9 Å². The second kappa shape index (κ2) is 9.15. The lowest BCUT2D eigenvalue weighted by Crippen LogP contribution is -2.52. The van der Waals surface area contributed by atoms with Gasteiger partial charge in [0.25, 0.3) is 5.91 Å². The molecule has 3 fully saturated rings. The van der Waals surface area contributed by atoms with Gasteiger partial charge >= 0.3 is 0 Å². The number of amides is 1. The van der Waals surface area contributed by atoms with Gasteiger partial charge in [0.05, 0.1) is 18.4 Å². The summed E-state index contributed by atoms with van der Waals surface area (Å²) in [6.45, 7) is 6.71. The van der Waals surface area contributed by atoms with Gasteiger partial charge in [-0.15, -0.1) is 0 Å². The van der Waals surface area contributed by atoms with Crippen LogP contribution in [0.15, 0.2) is 23.1 Å². The Labute approximate surface area is 188 Å². The molecule has 0 N–H and O–H groups in total. The van der Waals surface area contributed by atoms with Crippen LogP contribution in [0.1, 0.15) is 60.3 Å². The minimum absolute atomic E-state index is 0.0333. The zero-order valence-corrected chi connectivity index (χ0v) is 18.7. The summed E-state index contributed by atoms with van der Waals surface area (Å²) in [6.07, 6.45) is 10.6. The summed E-state index contributed by atoms with van der Waals surface area (Å²) in [5, 5.41) is 4.14. The van der Waals surface area contributed by atoms with E-state index in [9.17, 15) is 4.79 Å². The fraction of sp³-hybridized carbons (Fsp3) is 0.652. The molecule has 1 atom stereocenters. The Hall–Kier alpha value is -2.52. The number of likely N-dealkylation sites (tertiary alicyclic amines) is 2. The monoisotopic (exact) mass is 441 g/mol. The zero-order valence-electron chi connectivity index (χ0n) is 18.7. The first-order valence-corrected chi connectivity index (χ1v) is 11.7. The number of aromatic nitrogens is 3. The van der Waals surface area contributed by atoms with Crippen molar-refractivity contribution in [1.29, 1.82) is 0 Å². The Kier molecular flexibility index (Phi) is 6.10. The highest BCUT2D eigenvalue weighted by molar-refractivity contribution is 5.93. The van der Waals surface area contributed by atoms with Crippen LogP contribution in [-0.4, -0.2) is 75.3 Å². The lowest BCUT2D eigenvalue weighted by Gasteiger charge is -2.45. The van der Waals surface area contributed by atoms with E-state index in [0.717, 1.165) is 56.6 Å². The van der Waals surface area contributed by atoms with Gasteiger partial charge in [0, 0.05) is 50.4 Å². The molecule has 5 rings (SSSR count). The van der Waals surface area contributed by atoms with Crippen molar-refractivity contribution in [2.24, 2.45) is 0 Å². The van der Waals surface area contributed by atoms with Crippen molar-refractivity contribution in [2.45, 2.75) is 63.7 Å². The molecule has 0 aliphatic carbocycles. The van der Waals surface area contributed by atoms with Crippen molar-refractivity contribution in [3.63, 3.8) is 0 Å². The molecular weight excluding hydrogens is 410 g/mol. The third kappa shape index (κ3) is 4.49. The van der Waals surface area contributed by atoms with Crippen molar-refractivity contribution in [3.8, 4) is 5.88 Å². The third-order valence-corrected chi connectivity index (χ3v) is 7.00. The smallest absolute Gasteiger partial charge is 0.276 e. The van der Waals surface area contributed by atoms with Crippen molar-refractivity contribution in [2.75, 3.05) is 32.8 Å². The maximum atomic E-state index is 13.3. The molecule has 1 unspecified atom stereocenters. The van der Waals surface area contributed by atoms with Crippen molar-refractivity contribution >= 4 is 5.91 Å². The average Bonchev–Trinajstić information content (AvgIpc) is 3.45. The molecule has 0 saturated carbocycles. The molecule has 2 aromatic rings. The summed E-state index contributed by atoms with van der Waals surface area (Å²) in [4.78, 5) is 25.9. The highest BCUT2D eigenvalue weighted by atomic mass is 16.5. The van der Waals surface area contributed by atoms with Crippen LogP contribution in [0, 0.1) is 6.92 Å². The van der Waals surface area contributed by atoms with Gasteiger partial charge in [-0.2, -0.15) is 0 Å². The van der Waals surface area contributed by atoms with Crippen LogP contribution in [0.4, 0.5) is 0 Å². The summed E-state index contributed by atoms with van der Waals surface area (Å²) < 4.78 is 17.7. The standard InChI is InChI=1S/C23H31N5O4/c1-17-19(16-27-9-2-3-10-27)21(26-32-17)22(29)28-11-5-23(6-12-28)14-18(4-13-30-23)31-20-15-24-7-8-25-20/h7-8,15,18H,2-6,9-14,16H2,1H3. The van der Waals surface area contributed by atoms with E-state index in [1.165, 1.54) is 12.8 Å². The first kappa shape index (κ1) is 21.3. The molecule has 1 amide bonds. The largest absolute Gasteiger partial charge is 0.473 e. The molecule has 0 radical (unpaired) electrons. The molecular formula is C23H31N5O4. The third-order valence-electron chi connectivity index (χ3n) is 7.00. The molecule has 9 nitrogen and oxygen atoms in total. The van der Waals surface area contributed by atoms with E-state index in [1.54, 1.807) is 18.6 Å². The SMILES string of the molecule is Cc1onc(C(=O)N2CCC3(CC2)CC(Oc2cnccn2)CCO3)c1CN1CCCC1. The molecule has 172 valence electrons. The van der Waals surface area contributed by atoms with E-state index in [1.807, 2.05) is 11.8 Å². The van der Waals surface area contributed by atoms with Gasteiger partial charge < -0.3 is 18.9 Å². The van der Waals surface area contributed by atoms with Crippen LogP contribution < -0.4 is 4.74 Å². The van der Waals surface area contributed by atoms with E-state index in [2.05, 4.69) is 20.0 Å². The number of carbonyl (C=O) groups excluding carboxylic acids is 1. The van der Waals surface area contributed by atoms with Crippen LogP contribution in [0.3, 0.4) is 0 Å². The maximum Gasteiger partial charge on any atom is 0.276 e. The summed E-state index contributed by atoms with van der Waals surface area (Å²) >= 11 is 0. The van der Waals surface area contributed by atoms with Crippen LogP contribution in [0.25, 0.3) is 0 Å². The van der Waals surface area contributed by atoms with Crippen LogP contribution in [0.5, 0.6) is 5.88 Å². The Morgan fingerprint density at radius 2 is 2.03 bits per heavy atom. The number of ether oxygens (including phenoxy) is 2. The van der Waals surface area contributed by atoms with Gasteiger partial charge in [-0.3, -0.25) is 14.7 Å². The Bertz CT molecular complexity index is 920. The number of nitrogens with zero attached hydrogens (tertiary/aromatic N) is 5. The molecule has 2 aromatic heterocycles. The van der Waals surface area contributed by atoms with Crippen molar-refractivity contribution < 1.29 is 18.8 Å². The molecule has 3 aliphatic rings. The Balaban J connectivity index is 1.20. The number of aryl methyl sites for hydroxylation is 1. The van der Waals surface area contributed by atoms with E-state index >= 15 is 0 Å². The van der Waals surface area contributed by atoms with Crippen molar-refractivity contribution in [3.05, 3.63) is 35.6 Å². The van der Waals surface area contributed by atoms with Gasteiger partial charge in [0.15, 0.2) is 5.69 Å². The first-order chi connectivity index (χ1) is 15.6. The van der Waals surface area contributed by atoms with Crippen LogP contribution in [0.2, 0.25) is 0 Å². The first-order valence-electron chi connectivity index (χ1n) is 11.7. The Morgan fingerprint density at radius 3 is 2.78 bits per heavy atom. The summed E-state index contributed by atoms with van der Waals surface area (Å²) in [5.41, 5.74) is 1.15. The molecule has 0 aromatic carbocycles. The summed E-state index contributed by atoms with van der Waals surface area (Å²) in [6, 6.07) is 0.